The van der Waals surface area contributed by atoms with Crippen LogP contribution in [0.2, 0.25) is 5.02 Å². The summed E-state index contributed by atoms with van der Waals surface area (Å²) in [5.41, 5.74) is 1.04. The lowest BCUT2D eigenvalue weighted by atomic mass is 10.2. The van der Waals surface area contributed by atoms with Crippen molar-refractivity contribution in [3.05, 3.63) is 29.3 Å². The number of nitrogens with one attached hydrogen (secondary N) is 1. The number of halogens is 1. The van der Waals surface area contributed by atoms with Gasteiger partial charge >= 0.3 is 0 Å². The van der Waals surface area contributed by atoms with E-state index >= 15 is 0 Å². The van der Waals surface area contributed by atoms with Gasteiger partial charge < -0.3 is 9.80 Å². The molecule has 1 N–H and O–H groups in total. The van der Waals surface area contributed by atoms with E-state index in [0.29, 0.717) is 37.6 Å². The molecule has 0 bridgehead atoms. The predicted molar refractivity (Wildman–Crippen MR) is 92.3 cm³/mol. The SMILES string of the molecule is CCCS(=O)(=O)NCC(=O)N1CCN(c2cccc(Cl)c2)CC1. The maximum absolute atomic E-state index is 12.1. The maximum Gasteiger partial charge on any atom is 0.237 e. The summed E-state index contributed by atoms with van der Waals surface area (Å²) in [5.74, 6) is -0.140. The smallest absolute Gasteiger partial charge is 0.237 e. The van der Waals surface area contributed by atoms with Crippen LogP contribution in [0.3, 0.4) is 0 Å². The lowest BCUT2D eigenvalue weighted by Crippen LogP contribution is -2.51. The van der Waals surface area contributed by atoms with Crippen LogP contribution in [0.15, 0.2) is 24.3 Å². The number of hydrogen-bond donors (Lipinski definition) is 1. The molecule has 0 aromatic heterocycles. The van der Waals surface area contributed by atoms with Crippen molar-refractivity contribution in [2.45, 2.75) is 13.3 Å². The number of sulfonamides is 1. The molecule has 6 nitrogen and oxygen atoms in total. The van der Waals surface area contributed by atoms with Crippen LogP contribution >= 0.6 is 11.6 Å². The van der Waals surface area contributed by atoms with Gasteiger partial charge in [-0.1, -0.05) is 24.6 Å². The lowest BCUT2D eigenvalue weighted by molar-refractivity contribution is -0.130. The fourth-order valence-electron chi connectivity index (χ4n) is 2.51. The zero-order valence-electron chi connectivity index (χ0n) is 13.2. The first-order valence-electron chi connectivity index (χ1n) is 7.67. The van der Waals surface area contributed by atoms with Crippen LogP contribution in [0.1, 0.15) is 13.3 Å². The van der Waals surface area contributed by atoms with E-state index in [0.717, 1.165) is 5.69 Å². The molecule has 0 aliphatic carbocycles. The summed E-state index contributed by atoms with van der Waals surface area (Å²) < 4.78 is 25.5. The molecule has 0 spiro atoms. The van der Waals surface area contributed by atoms with Crippen LogP contribution in [-0.4, -0.2) is 57.7 Å². The van der Waals surface area contributed by atoms with Gasteiger partial charge in [-0.05, 0) is 24.6 Å². The second-order valence-electron chi connectivity index (χ2n) is 5.49. The molecule has 0 saturated carbocycles. The second-order valence-corrected chi connectivity index (χ2v) is 7.85. The molecular formula is C15H22ClN3O3S. The summed E-state index contributed by atoms with van der Waals surface area (Å²) in [6.45, 7) is 4.17. The third-order valence-electron chi connectivity index (χ3n) is 3.72. The normalized spacial score (nSPS) is 15.7. The molecule has 1 fully saturated rings. The van der Waals surface area contributed by atoms with Crippen molar-refractivity contribution in [2.75, 3.05) is 43.4 Å². The van der Waals surface area contributed by atoms with Gasteiger partial charge in [-0.25, -0.2) is 13.1 Å². The molecule has 23 heavy (non-hydrogen) atoms. The van der Waals surface area contributed by atoms with Crippen LogP contribution in [0, 0.1) is 0 Å². The fraction of sp³-hybridized carbons (Fsp3) is 0.533. The lowest BCUT2D eigenvalue weighted by Gasteiger charge is -2.36. The first kappa shape index (κ1) is 18.0. The average molecular weight is 360 g/mol. The van der Waals surface area contributed by atoms with Gasteiger partial charge in [-0.3, -0.25) is 4.79 Å². The highest BCUT2D eigenvalue weighted by atomic mass is 35.5. The van der Waals surface area contributed by atoms with E-state index in [4.69, 9.17) is 11.6 Å². The molecule has 0 atom stereocenters. The van der Waals surface area contributed by atoms with Gasteiger partial charge in [0.15, 0.2) is 0 Å². The van der Waals surface area contributed by atoms with E-state index in [-0.39, 0.29) is 18.2 Å². The Hall–Kier alpha value is -1.31. The number of carbonyl (C=O) groups is 1. The largest absolute Gasteiger partial charge is 0.368 e. The Bertz CT molecular complexity index is 643. The summed E-state index contributed by atoms with van der Waals surface area (Å²) in [5, 5.41) is 0.686. The number of carbonyl (C=O) groups excluding carboxylic acids is 1. The highest BCUT2D eigenvalue weighted by Crippen LogP contribution is 2.20. The Labute approximate surface area is 142 Å². The van der Waals surface area contributed by atoms with Crippen LogP contribution in [0.4, 0.5) is 5.69 Å². The van der Waals surface area contributed by atoms with Crippen molar-refractivity contribution in [3.8, 4) is 0 Å². The molecule has 1 saturated heterocycles. The molecule has 128 valence electrons. The van der Waals surface area contributed by atoms with Crippen molar-refractivity contribution in [2.24, 2.45) is 0 Å². The zero-order chi connectivity index (χ0) is 16.9. The summed E-state index contributed by atoms with van der Waals surface area (Å²) >= 11 is 6.00. The molecule has 0 radical (unpaired) electrons. The van der Waals surface area contributed by atoms with E-state index in [1.165, 1.54) is 0 Å². The van der Waals surface area contributed by atoms with Crippen LogP contribution < -0.4 is 9.62 Å². The van der Waals surface area contributed by atoms with Crippen molar-refractivity contribution in [1.82, 2.24) is 9.62 Å². The first-order chi connectivity index (χ1) is 10.9. The second kappa shape index (κ2) is 7.99. The van der Waals surface area contributed by atoms with E-state index < -0.39 is 10.0 Å². The molecule has 1 aromatic carbocycles. The minimum atomic E-state index is -3.35. The van der Waals surface area contributed by atoms with Gasteiger partial charge in [0.1, 0.15) is 0 Å². The van der Waals surface area contributed by atoms with Gasteiger partial charge in [0.05, 0.1) is 12.3 Å². The topological polar surface area (TPSA) is 69.7 Å². The fourth-order valence-corrected chi connectivity index (χ4v) is 3.72. The van der Waals surface area contributed by atoms with Gasteiger partial charge in [0.25, 0.3) is 0 Å². The maximum atomic E-state index is 12.1. The van der Waals surface area contributed by atoms with E-state index in [2.05, 4.69) is 9.62 Å². The van der Waals surface area contributed by atoms with Crippen molar-refractivity contribution in [3.63, 3.8) is 0 Å². The predicted octanol–water partition coefficient (Wildman–Crippen LogP) is 1.32. The average Bonchev–Trinajstić information content (AvgIpc) is 2.53. The molecule has 1 heterocycles. The van der Waals surface area contributed by atoms with Crippen molar-refractivity contribution < 1.29 is 13.2 Å². The molecule has 1 aromatic rings. The molecule has 8 heteroatoms. The number of rotatable bonds is 6. The van der Waals surface area contributed by atoms with Gasteiger partial charge in [-0.15, -0.1) is 0 Å². The Morgan fingerprint density at radius 3 is 2.57 bits per heavy atom. The van der Waals surface area contributed by atoms with Crippen molar-refractivity contribution >= 4 is 33.2 Å². The van der Waals surface area contributed by atoms with Crippen LogP contribution in [0.25, 0.3) is 0 Å². The Balaban J connectivity index is 1.83. The quantitative estimate of drug-likeness (QED) is 0.831. The third kappa shape index (κ3) is 5.37. The van der Waals surface area contributed by atoms with Gasteiger partial charge in [0, 0.05) is 36.9 Å². The van der Waals surface area contributed by atoms with E-state index in [9.17, 15) is 13.2 Å². The number of nitrogens with zero attached hydrogens (tertiary/aromatic N) is 2. The Kier molecular flexibility index (Phi) is 6.26. The molecule has 2 rings (SSSR count). The molecular weight excluding hydrogens is 338 g/mol. The Morgan fingerprint density at radius 1 is 1.26 bits per heavy atom. The standard InChI is InChI=1S/C15H22ClN3O3S/c1-2-10-23(21,22)17-12-15(20)19-8-6-18(7-9-19)14-5-3-4-13(16)11-14/h3-5,11,17H,2,6-10,12H2,1H3. The van der Waals surface area contributed by atoms with Gasteiger partial charge in [-0.2, -0.15) is 0 Å². The number of hydrogen-bond acceptors (Lipinski definition) is 4. The molecule has 1 aliphatic rings. The first-order valence-corrected chi connectivity index (χ1v) is 9.70. The number of piperazine rings is 1. The minimum Gasteiger partial charge on any atom is -0.368 e. The summed E-state index contributed by atoms with van der Waals surface area (Å²) in [4.78, 5) is 16.0. The monoisotopic (exact) mass is 359 g/mol. The summed E-state index contributed by atoms with van der Waals surface area (Å²) in [7, 11) is -3.35. The van der Waals surface area contributed by atoms with E-state index in [1.807, 2.05) is 24.3 Å². The highest BCUT2D eigenvalue weighted by Gasteiger charge is 2.22. The summed E-state index contributed by atoms with van der Waals surface area (Å²) in [6, 6.07) is 7.62. The van der Waals surface area contributed by atoms with Gasteiger partial charge in [0.2, 0.25) is 15.9 Å². The molecule has 1 amide bonds. The number of amides is 1. The van der Waals surface area contributed by atoms with Crippen LogP contribution in [-0.2, 0) is 14.8 Å². The third-order valence-corrected chi connectivity index (χ3v) is 5.49. The highest BCUT2D eigenvalue weighted by molar-refractivity contribution is 7.89. The zero-order valence-corrected chi connectivity index (χ0v) is 14.7. The number of benzene rings is 1. The minimum absolute atomic E-state index is 0.0445. The number of anilines is 1. The molecule has 0 unspecified atom stereocenters. The van der Waals surface area contributed by atoms with E-state index in [1.54, 1.807) is 11.8 Å². The Morgan fingerprint density at radius 2 is 1.96 bits per heavy atom. The van der Waals surface area contributed by atoms with Crippen LogP contribution in [0.5, 0.6) is 0 Å². The van der Waals surface area contributed by atoms with Crippen molar-refractivity contribution in [1.29, 1.82) is 0 Å². The molecule has 1 aliphatic heterocycles. The summed E-state index contributed by atoms with van der Waals surface area (Å²) in [6.07, 6.45) is 0.530.